The lowest BCUT2D eigenvalue weighted by Gasteiger charge is -2.06. The molecule has 0 fully saturated rings. The molecule has 5 heteroatoms. The predicted molar refractivity (Wildman–Crippen MR) is 86.1 cm³/mol. The van der Waals surface area contributed by atoms with Gasteiger partial charge in [0.05, 0.1) is 11.7 Å². The third kappa shape index (κ3) is 2.87. The summed E-state index contributed by atoms with van der Waals surface area (Å²) in [6.07, 6.45) is 0. The Balaban J connectivity index is 1.87. The van der Waals surface area contributed by atoms with Crippen LogP contribution in [0, 0.1) is 3.57 Å². The number of aromatic carboxylic acids is 1. The van der Waals surface area contributed by atoms with Crippen LogP contribution in [0.2, 0.25) is 0 Å². The Morgan fingerprint density at radius 3 is 2.67 bits per heavy atom. The lowest BCUT2D eigenvalue weighted by molar-refractivity contribution is -0.255. The van der Waals surface area contributed by atoms with Crippen molar-refractivity contribution in [2.24, 2.45) is 0 Å². The van der Waals surface area contributed by atoms with E-state index in [9.17, 15) is 9.90 Å². The molecule has 0 amide bonds. The third-order valence-corrected chi connectivity index (χ3v) is 4.28. The molecule has 1 N–H and O–H groups in total. The molecule has 3 rings (SSSR count). The van der Waals surface area contributed by atoms with E-state index in [0.717, 1.165) is 16.5 Å². The molecule has 1 heterocycles. The van der Waals surface area contributed by atoms with Crippen LogP contribution in [0.3, 0.4) is 0 Å². The molecule has 21 heavy (non-hydrogen) atoms. The van der Waals surface area contributed by atoms with Crippen molar-refractivity contribution in [3.63, 3.8) is 0 Å². The molecule has 0 atom stereocenters. The average Bonchev–Trinajstić information content (AvgIpc) is 2.83. The number of benzene rings is 2. The van der Waals surface area contributed by atoms with Crippen LogP contribution in [-0.4, -0.2) is 11.0 Å². The quantitative estimate of drug-likeness (QED) is 0.695. The lowest BCUT2D eigenvalue weighted by Crippen LogP contribution is -2.23. The molecule has 0 saturated heterocycles. The number of rotatable bonds is 4. The molecular formula is C16H11INO3-. The van der Waals surface area contributed by atoms with Crippen LogP contribution in [0.4, 0.5) is 0 Å². The Morgan fingerprint density at radius 1 is 1.19 bits per heavy atom. The van der Waals surface area contributed by atoms with E-state index in [1.165, 1.54) is 0 Å². The van der Waals surface area contributed by atoms with Gasteiger partial charge in [-0.3, -0.25) is 0 Å². The largest absolute Gasteiger partial charge is 0.543 e. The highest BCUT2D eigenvalue weighted by molar-refractivity contribution is 14.1. The number of aromatic nitrogens is 1. The number of fused-ring (bicyclic) bond motifs is 1. The second-order valence-electron chi connectivity index (χ2n) is 4.58. The Kier molecular flexibility index (Phi) is 3.83. The van der Waals surface area contributed by atoms with E-state index in [2.05, 4.69) is 4.98 Å². The molecule has 0 radical (unpaired) electrons. The van der Waals surface area contributed by atoms with Crippen LogP contribution in [0.1, 0.15) is 16.1 Å². The number of carbonyl (C=O) groups is 1. The molecule has 0 spiro atoms. The number of halogens is 1. The summed E-state index contributed by atoms with van der Waals surface area (Å²) in [5.41, 5.74) is 1.94. The zero-order valence-corrected chi connectivity index (χ0v) is 13.1. The highest BCUT2D eigenvalue weighted by atomic mass is 127. The van der Waals surface area contributed by atoms with Gasteiger partial charge in [0.15, 0.2) is 0 Å². The van der Waals surface area contributed by atoms with Gasteiger partial charge in [0.1, 0.15) is 12.4 Å². The highest BCUT2D eigenvalue weighted by Crippen LogP contribution is 2.28. The van der Waals surface area contributed by atoms with Gasteiger partial charge in [-0.05, 0) is 46.4 Å². The molecule has 0 unspecified atom stereocenters. The van der Waals surface area contributed by atoms with E-state index in [1.807, 2.05) is 71.1 Å². The molecular weight excluding hydrogens is 381 g/mol. The summed E-state index contributed by atoms with van der Waals surface area (Å²) in [7, 11) is 0. The molecule has 0 saturated carbocycles. The van der Waals surface area contributed by atoms with Crippen molar-refractivity contribution >= 4 is 39.5 Å². The first kappa shape index (κ1) is 13.9. The fraction of sp³-hybridized carbons (Fsp3) is 0.0625. The SMILES string of the molecule is O=C([O-])c1[nH]c2ccc(OCc3ccccc3)cc2c1I. The van der Waals surface area contributed by atoms with Crippen molar-refractivity contribution < 1.29 is 14.6 Å². The summed E-state index contributed by atoms with van der Waals surface area (Å²) in [4.78, 5) is 13.8. The Morgan fingerprint density at radius 2 is 1.95 bits per heavy atom. The molecule has 3 aromatic rings. The van der Waals surface area contributed by atoms with Gasteiger partial charge in [0.2, 0.25) is 0 Å². The minimum atomic E-state index is -1.21. The Bertz CT molecular complexity index is 796. The van der Waals surface area contributed by atoms with Gasteiger partial charge < -0.3 is 19.6 Å². The van der Waals surface area contributed by atoms with E-state index in [-0.39, 0.29) is 5.69 Å². The predicted octanol–water partition coefficient (Wildman–Crippen LogP) is 2.72. The molecule has 0 aliphatic carbocycles. The smallest absolute Gasteiger partial charge is 0.120 e. The molecule has 1 aromatic heterocycles. The molecule has 4 nitrogen and oxygen atoms in total. The molecule has 2 aromatic carbocycles. The fourth-order valence-corrected chi connectivity index (χ4v) is 2.91. The summed E-state index contributed by atoms with van der Waals surface area (Å²) < 4.78 is 6.38. The van der Waals surface area contributed by atoms with Crippen molar-refractivity contribution in [2.75, 3.05) is 0 Å². The number of carbonyl (C=O) groups excluding carboxylic acids is 1. The summed E-state index contributed by atoms with van der Waals surface area (Å²) in [5.74, 6) is -0.504. The van der Waals surface area contributed by atoms with E-state index in [0.29, 0.717) is 15.9 Å². The van der Waals surface area contributed by atoms with Crippen molar-refractivity contribution in [3.8, 4) is 5.75 Å². The zero-order valence-electron chi connectivity index (χ0n) is 10.9. The third-order valence-electron chi connectivity index (χ3n) is 3.16. The number of carboxylic acid groups (broad SMARTS) is 1. The van der Waals surface area contributed by atoms with Crippen LogP contribution < -0.4 is 9.84 Å². The maximum absolute atomic E-state index is 11.0. The number of hydrogen-bond acceptors (Lipinski definition) is 3. The molecule has 0 bridgehead atoms. The Labute approximate surface area is 134 Å². The van der Waals surface area contributed by atoms with Crippen molar-refractivity contribution in [1.82, 2.24) is 4.98 Å². The topological polar surface area (TPSA) is 65.1 Å². The number of hydrogen-bond donors (Lipinski definition) is 1. The second-order valence-corrected chi connectivity index (χ2v) is 5.66. The Hall–Kier alpha value is -2.02. The van der Waals surface area contributed by atoms with Gasteiger partial charge in [-0.2, -0.15) is 0 Å². The fourth-order valence-electron chi connectivity index (χ4n) is 2.11. The van der Waals surface area contributed by atoms with Gasteiger partial charge in [-0.25, -0.2) is 0 Å². The number of carboxylic acids is 1. The second kappa shape index (κ2) is 5.77. The standard InChI is InChI=1S/C16H12INO3/c17-14-12-8-11(21-9-10-4-2-1-3-5-10)6-7-13(12)18-15(14)16(19)20/h1-8,18H,9H2,(H,19,20)/p-1. The summed E-state index contributed by atoms with van der Waals surface area (Å²) in [6.45, 7) is 0.473. The minimum Gasteiger partial charge on any atom is -0.543 e. The van der Waals surface area contributed by atoms with E-state index >= 15 is 0 Å². The number of ether oxygens (including phenoxy) is 1. The van der Waals surface area contributed by atoms with Gasteiger partial charge in [-0.15, -0.1) is 0 Å². The first-order valence-corrected chi connectivity index (χ1v) is 7.42. The monoisotopic (exact) mass is 392 g/mol. The molecule has 0 aliphatic heterocycles. The van der Waals surface area contributed by atoms with Gasteiger partial charge in [-0.1, -0.05) is 30.3 Å². The van der Waals surface area contributed by atoms with Crippen molar-refractivity contribution in [3.05, 3.63) is 63.4 Å². The first-order valence-electron chi connectivity index (χ1n) is 6.34. The van der Waals surface area contributed by atoms with Crippen LogP contribution in [-0.2, 0) is 6.61 Å². The van der Waals surface area contributed by atoms with Crippen molar-refractivity contribution in [1.29, 1.82) is 0 Å². The average molecular weight is 392 g/mol. The van der Waals surface area contributed by atoms with Gasteiger partial charge in [0.25, 0.3) is 0 Å². The van der Waals surface area contributed by atoms with Crippen molar-refractivity contribution in [2.45, 2.75) is 6.61 Å². The summed E-state index contributed by atoms with van der Waals surface area (Å²) in [5, 5.41) is 11.8. The van der Waals surface area contributed by atoms with Crippen LogP contribution in [0.25, 0.3) is 10.9 Å². The summed E-state index contributed by atoms with van der Waals surface area (Å²) in [6, 6.07) is 15.3. The zero-order chi connectivity index (χ0) is 14.8. The first-order chi connectivity index (χ1) is 10.1. The number of nitrogens with one attached hydrogen (secondary N) is 1. The normalized spacial score (nSPS) is 10.7. The maximum atomic E-state index is 11.0. The van der Waals surface area contributed by atoms with E-state index < -0.39 is 5.97 Å². The number of H-pyrrole nitrogens is 1. The van der Waals surface area contributed by atoms with Crippen LogP contribution in [0.5, 0.6) is 5.75 Å². The van der Waals surface area contributed by atoms with Gasteiger partial charge >= 0.3 is 0 Å². The molecule has 0 aliphatic rings. The highest BCUT2D eigenvalue weighted by Gasteiger charge is 2.10. The van der Waals surface area contributed by atoms with E-state index in [4.69, 9.17) is 4.74 Å². The van der Waals surface area contributed by atoms with E-state index in [1.54, 1.807) is 0 Å². The summed E-state index contributed by atoms with van der Waals surface area (Å²) >= 11 is 2.00. The van der Waals surface area contributed by atoms with Crippen LogP contribution >= 0.6 is 22.6 Å². The number of aromatic amines is 1. The van der Waals surface area contributed by atoms with Gasteiger partial charge in [0, 0.05) is 14.5 Å². The lowest BCUT2D eigenvalue weighted by atomic mass is 10.2. The van der Waals surface area contributed by atoms with Crippen LogP contribution in [0.15, 0.2) is 48.5 Å². The molecule has 106 valence electrons. The minimum absolute atomic E-state index is 0.103. The maximum Gasteiger partial charge on any atom is 0.120 e.